The molecule has 2 amide bonds. The van der Waals surface area contributed by atoms with Gasteiger partial charge in [-0.25, -0.2) is 9.78 Å². The van der Waals surface area contributed by atoms with E-state index >= 15 is 0 Å². The number of esters is 1. The molecule has 7 nitrogen and oxygen atoms in total. The number of fused-ring (bicyclic) bond motifs is 1. The van der Waals surface area contributed by atoms with Crippen LogP contribution in [0.2, 0.25) is 0 Å². The van der Waals surface area contributed by atoms with Crippen LogP contribution in [0.3, 0.4) is 0 Å². The van der Waals surface area contributed by atoms with Crippen LogP contribution >= 0.6 is 11.3 Å². The van der Waals surface area contributed by atoms with Gasteiger partial charge in [0.05, 0.1) is 22.7 Å². The van der Waals surface area contributed by atoms with Crippen molar-refractivity contribution in [1.82, 2.24) is 20.5 Å². The number of carbonyl (C=O) groups excluding carboxylic acids is 2. The van der Waals surface area contributed by atoms with E-state index in [0.29, 0.717) is 5.92 Å². The van der Waals surface area contributed by atoms with E-state index in [2.05, 4.69) is 10.6 Å². The largest absolute Gasteiger partial charge is 0.463 e. The summed E-state index contributed by atoms with van der Waals surface area (Å²) in [4.78, 5) is 33.2. The summed E-state index contributed by atoms with van der Waals surface area (Å²) in [5.41, 5.74) is 1.29. The second-order valence-electron chi connectivity index (χ2n) is 9.42. The van der Waals surface area contributed by atoms with Gasteiger partial charge in [0.15, 0.2) is 0 Å². The summed E-state index contributed by atoms with van der Waals surface area (Å²) in [5, 5.41) is 7.92. The Morgan fingerprint density at radius 2 is 1.81 bits per heavy atom. The number of urea groups is 1. The highest BCUT2D eigenvalue weighted by molar-refractivity contribution is 7.11. The Kier molecular flexibility index (Phi) is 7.48. The van der Waals surface area contributed by atoms with E-state index in [1.54, 1.807) is 0 Å². The summed E-state index contributed by atoms with van der Waals surface area (Å²) in [7, 11) is 0. The maximum Gasteiger partial charge on any atom is 0.317 e. The van der Waals surface area contributed by atoms with Crippen molar-refractivity contribution in [1.29, 1.82) is 0 Å². The van der Waals surface area contributed by atoms with Gasteiger partial charge in [-0.15, -0.1) is 11.3 Å². The van der Waals surface area contributed by atoms with Crippen LogP contribution in [0.15, 0.2) is 0 Å². The van der Waals surface area contributed by atoms with Gasteiger partial charge < -0.3 is 20.3 Å². The highest BCUT2D eigenvalue weighted by Gasteiger charge is 2.31. The molecule has 2 aliphatic heterocycles. The van der Waals surface area contributed by atoms with Crippen molar-refractivity contribution in [2.45, 2.75) is 83.3 Å². The molecule has 31 heavy (non-hydrogen) atoms. The fourth-order valence-corrected chi connectivity index (χ4v) is 6.18. The zero-order valence-corrected chi connectivity index (χ0v) is 19.6. The van der Waals surface area contributed by atoms with E-state index in [1.165, 1.54) is 15.6 Å². The zero-order chi connectivity index (χ0) is 21.8. The van der Waals surface area contributed by atoms with Gasteiger partial charge in [0.2, 0.25) is 0 Å². The van der Waals surface area contributed by atoms with Crippen LogP contribution in [0, 0.1) is 5.92 Å². The molecule has 172 valence electrons. The minimum atomic E-state index is -0.0856. The Morgan fingerprint density at radius 1 is 1.10 bits per heavy atom. The minimum Gasteiger partial charge on any atom is -0.463 e. The first kappa shape index (κ1) is 22.5. The van der Waals surface area contributed by atoms with Crippen LogP contribution in [-0.4, -0.2) is 60.2 Å². The van der Waals surface area contributed by atoms with Crippen molar-refractivity contribution in [2.24, 2.45) is 5.92 Å². The van der Waals surface area contributed by atoms with Gasteiger partial charge in [0, 0.05) is 49.4 Å². The lowest BCUT2D eigenvalue weighted by molar-refractivity contribution is -0.153. The number of thiazole rings is 1. The average Bonchev–Trinajstić information content (AvgIpc) is 3.04. The van der Waals surface area contributed by atoms with Gasteiger partial charge in [0.1, 0.15) is 0 Å². The third-order valence-electron chi connectivity index (χ3n) is 6.73. The van der Waals surface area contributed by atoms with Gasteiger partial charge in [0.25, 0.3) is 0 Å². The Balaban J connectivity index is 1.21. The fourth-order valence-electron chi connectivity index (χ4n) is 4.90. The first-order valence-electron chi connectivity index (χ1n) is 11.9. The summed E-state index contributed by atoms with van der Waals surface area (Å²) in [5.74, 6) is 0.379. The van der Waals surface area contributed by atoms with Crippen molar-refractivity contribution < 1.29 is 14.3 Å². The van der Waals surface area contributed by atoms with Crippen LogP contribution in [0.4, 0.5) is 4.79 Å². The maximum atomic E-state index is 12.8. The molecule has 0 unspecified atom stereocenters. The molecule has 8 heteroatoms. The van der Waals surface area contributed by atoms with Gasteiger partial charge in [-0.05, 0) is 58.8 Å². The molecular formula is C23H36N4O3S. The van der Waals surface area contributed by atoms with E-state index in [-0.39, 0.29) is 30.1 Å². The van der Waals surface area contributed by atoms with E-state index < -0.39 is 0 Å². The third kappa shape index (κ3) is 5.77. The second kappa shape index (κ2) is 10.3. The highest BCUT2D eigenvalue weighted by Crippen LogP contribution is 2.34. The number of likely N-dealkylation sites (tertiary alicyclic amines) is 1. The number of hydrogen-bond acceptors (Lipinski definition) is 6. The van der Waals surface area contributed by atoms with Gasteiger partial charge in [-0.1, -0.05) is 0 Å². The number of aromatic nitrogens is 1. The zero-order valence-electron chi connectivity index (χ0n) is 18.8. The third-order valence-corrected chi connectivity index (χ3v) is 8.05. The molecule has 2 fully saturated rings. The number of nitrogens with zero attached hydrogens (tertiary/aromatic N) is 2. The van der Waals surface area contributed by atoms with Gasteiger partial charge in [-0.2, -0.15) is 0 Å². The van der Waals surface area contributed by atoms with E-state index in [0.717, 1.165) is 77.5 Å². The topological polar surface area (TPSA) is 83.6 Å². The molecule has 1 saturated heterocycles. The van der Waals surface area contributed by atoms with Gasteiger partial charge in [-0.3, -0.25) is 4.79 Å². The number of piperidine rings is 1. The van der Waals surface area contributed by atoms with Crippen LogP contribution in [0.1, 0.15) is 73.9 Å². The van der Waals surface area contributed by atoms with Crippen LogP contribution < -0.4 is 10.6 Å². The summed E-state index contributed by atoms with van der Waals surface area (Å²) >= 11 is 1.89. The molecule has 0 radical (unpaired) electrons. The molecule has 0 aromatic carbocycles. The predicted molar refractivity (Wildman–Crippen MR) is 121 cm³/mol. The number of amides is 2. The minimum absolute atomic E-state index is 0.0181. The number of hydrogen-bond donors (Lipinski definition) is 2. The SMILES string of the molecule is CC(C)OC(=O)[C@H]1CC[C@H](NC(=O)N2CCC(c3nc4c(s3)CCNCC4)CC2)CC1. The molecule has 0 spiro atoms. The van der Waals surface area contributed by atoms with Crippen molar-refractivity contribution in [3.05, 3.63) is 15.6 Å². The molecule has 1 aromatic rings. The maximum absolute atomic E-state index is 12.8. The van der Waals surface area contributed by atoms with Crippen molar-refractivity contribution in [2.75, 3.05) is 26.2 Å². The first-order valence-corrected chi connectivity index (χ1v) is 12.8. The normalized spacial score (nSPS) is 25.1. The second-order valence-corrected chi connectivity index (χ2v) is 10.5. The number of ether oxygens (including phenoxy) is 1. The quantitative estimate of drug-likeness (QED) is 0.691. The molecule has 3 heterocycles. The number of rotatable bonds is 4. The van der Waals surface area contributed by atoms with Crippen LogP contribution in [0.5, 0.6) is 0 Å². The van der Waals surface area contributed by atoms with E-state index in [4.69, 9.17) is 9.72 Å². The molecule has 1 saturated carbocycles. The Labute approximate surface area is 189 Å². The van der Waals surface area contributed by atoms with Gasteiger partial charge >= 0.3 is 12.0 Å². The van der Waals surface area contributed by atoms with Crippen molar-refractivity contribution in [3.63, 3.8) is 0 Å². The number of nitrogens with one attached hydrogen (secondary N) is 2. The summed E-state index contributed by atoms with van der Waals surface area (Å²) in [6.07, 6.45) is 7.32. The van der Waals surface area contributed by atoms with Crippen LogP contribution in [-0.2, 0) is 22.4 Å². The standard InChI is InChI=1S/C23H36N4O3S/c1-15(2)30-22(28)17-3-5-18(6-4-17)25-23(29)27-13-9-16(10-14-27)21-26-19-7-11-24-12-8-20(19)31-21/h15-18,24H,3-14H2,1-2H3,(H,25,29)/t17-,18-. The summed E-state index contributed by atoms with van der Waals surface area (Å²) in [6.45, 7) is 7.42. The molecule has 4 rings (SSSR count). The lowest BCUT2D eigenvalue weighted by atomic mass is 9.86. The molecular weight excluding hydrogens is 412 g/mol. The van der Waals surface area contributed by atoms with Crippen molar-refractivity contribution in [3.8, 4) is 0 Å². The Hall–Kier alpha value is -1.67. The molecule has 0 atom stereocenters. The molecule has 1 aliphatic carbocycles. The Morgan fingerprint density at radius 3 is 2.52 bits per heavy atom. The fraction of sp³-hybridized carbons (Fsp3) is 0.783. The molecule has 2 N–H and O–H groups in total. The lowest BCUT2D eigenvalue weighted by Crippen LogP contribution is -2.48. The number of carbonyl (C=O) groups is 2. The van der Waals surface area contributed by atoms with Crippen molar-refractivity contribution >= 4 is 23.3 Å². The highest BCUT2D eigenvalue weighted by atomic mass is 32.1. The lowest BCUT2D eigenvalue weighted by Gasteiger charge is -2.34. The molecule has 3 aliphatic rings. The summed E-state index contributed by atoms with van der Waals surface area (Å²) < 4.78 is 5.34. The molecule has 1 aromatic heterocycles. The summed E-state index contributed by atoms with van der Waals surface area (Å²) in [6, 6.07) is 0.212. The molecule has 0 bridgehead atoms. The van der Waals surface area contributed by atoms with E-state index in [1.807, 2.05) is 30.1 Å². The van der Waals surface area contributed by atoms with E-state index in [9.17, 15) is 9.59 Å². The predicted octanol–water partition coefficient (Wildman–Crippen LogP) is 3.23. The Bertz CT molecular complexity index is 741. The smallest absolute Gasteiger partial charge is 0.317 e. The monoisotopic (exact) mass is 448 g/mol. The first-order chi connectivity index (χ1) is 15.0. The van der Waals surface area contributed by atoms with Crippen LogP contribution in [0.25, 0.3) is 0 Å². The average molecular weight is 449 g/mol.